The number of halogens is 1. The topological polar surface area (TPSA) is 37.3 Å². The monoisotopic (exact) mass is 244 g/mol. The van der Waals surface area contributed by atoms with Crippen molar-refractivity contribution in [2.24, 2.45) is 5.41 Å². The smallest absolute Gasteiger partial charge is 0.338 e. The molecule has 2 nitrogen and oxygen atoms in total. The Labute approximate surface area is 97.9 Å². The van der Waals surface area contributed by atoms with Crippen molar-refractivity contribution in [3.05, 3.63) is 20.3 Å². The average molecular weight is 245 g/mol. The molecule has 1 unspecified atom stereocenters. The predicted molar refractivity (Wildman–Crippen MR) is 62.2 cm³/mol. The Morgan fingerprint density at radius 2 is 2.13 bits per heavy atom. The lowest BCUT2D eigenvalue weighted by Crippen LogP contribution is -2.01. The normalized spacial score (nSPS) is 22.8. The van der Waals surface area contributed by atoms with Crippen LogP contribution in [0.4, 0.5) is 0 Å². The quantitative estimate of drug-likeness (QED) is 0.856. The highest BCUT2D eigenvalue weighted by atomic mass is 35.5. The van der Waals surface area contributed by atoms with Gasteiger partial charge < -0.3 is 5.11 Å². The summed E-state index contributed by atoms with van der Waals surface area (Å²) in [5, 5.41) is 9.13. The molecule has 1 heterocycles. The zero-order valence-corrected chi connectivity index (χ0v) is 10.5. The van der Waals surface area contributed by atoms with Gasteiger partial charge in [-0.2, -0.15) is 0 Å². The van der Waals surface area contributed by atoms with Gasteiger partial charge in [-0.25, -0.2) is 4.79 Å². The molecule has 82 valence electrons. The van der Waals surface area contributed by atoms with Gasteiger partial charge >= 0.3 is 5.97 Å². The number of aryl methyl sites for hydroxylation is 1. The summed E-state index contributed by atoms with van der Waals surface area (Å²) in [6, 6.07) is 0. The van der Waals surface area contributed by atoms with Gasteiger partial charge in [0.1, 0.15) is 4.34 Å². The Morgan fingerprint density at radius 3 is 2.53 bits per heavy atom. The highest BCUT2D eigenvalue weighted by Crippen LogP contribution is 2.61. The number of hydrogen-bond donors (Lipinski definition) is 1. The van der Waals surface area contributed by atoms with Crippen molar-refractivity contribution in [3.8, 4) is 0 Å². The van der Waals surface area contributed by atoms with Crippen LogP contribution >= 0.6 is 22.9 Å². The standard InChI is InChI=1S/C11H13ClO2S/c1-5-7(6-4-11(6,2)3)8(10(13)14)9(12)15-5/h6H,4H2,1-3H3,(H,13,14). The van der Waals surface area contributed by atoms with Crippen LogP contribution in [0.5, 0.6) is 0 Å². The molecule has 1 aromatic rings. The summed E-state index contributed by atoms with van der Waals surface area (Å²) in [5.41, 5.74) is 1.52. The summed E-state index contributed by atoms with van der Waals surface area (Å²) in [5.74, 6) is -0.533. The number of carboxylic acids is 1. The SMILES string of the molecule is Cc1sc(Cl)c(C(=O)O)c1C1CC1(C)C. The van der Waals surface area contributed by atoms with Crippen LogP contribution in [0.2, 0.25) is 4.34 Å². The Balaban J connectivity index is 2.51. The van der Waals surface area contributed by atoms with Crippen molar-refractivity contribution in [2.75, 3.05) is 0 Å². The van der Waals surface area contributed by atoms with E-state index in [-0.39, 0.29) is 5.41 Å². The van der Waals surface area contributed by atoms with Crippen LogP contribution in [-0.2, 0) is 0 Å². The van der Waals surface area contributed by atoms with E-state index < -0.39 is 5.97 Å². The summed E-state index contributed by atoms with van der Waals surface area (Å²) >= 11 is 7.33. The lowest BCUT2D eigenvalue weighted by atomic mass is 10.00. The maximum Gasteiger partial charge on any atom is 0.338 e. The third kappa shape index (κ3) is 1.68. The zero-order chi connectivity index (χ0) is 11.4. The Morgan fingerprint density at radius 1 is 1.60 bits per heavy atom. The molecule has 1 atom stereocenters. The van der Waals surface area contributed by atoms with Gasteiger partial charge in [0.15, 0.2) is 0 Å². The Bertz CT molecular complexity index is 434. The molecular formula is C11H13ClO2S. The first kappa shape index (κ1) is 11.0. The predicted octanol–water partition coefficient (Wildman–Crippen LogP) is 3.92. The molecule has 1 saturated carbocycles. The number of hydrogen-bond acceptors (Lipinski definition) is 2. The van der Waals surface area contributed by atoms with Crippen molar-refractivity contribution in [1.82, 2.24) is 0 Å². The number of rotatable bonds is 2. The van der Waals surface area contributed by atoms with Gasteiger partial charge in [-0.05, 0) is 30.2 Å². The molecule has 0 aromatic carbocycles. The summed E-state index contributed by atoms with van der Waals surface area (Å²) in [6.07, 6.45) is 1.06. The average Bonchev–Trinajstić information content (AvgIpc) is 2.56. The highest BCUT2D eigenvalue weighted by molar-refractivity contribution is 7.16. The molecule has 2 rings (SSSR count). The number of carbonyl (C=O) groups is 1. The van der Waals surface area contributed by atoms with E-state index in [9.17, 15) is 4.79 Å². The molecular weight excluding hydrogens is 232 g/mol. The minimum atomic E-state index is -0.901. The fourth-order valence-corrected chi connectivity index (χ4v) is 3.55. The second kappa shape index (κ2) is 3.22. The molecule has 1 aliphatic rings. The van der Waals surface area contributed by atoms with Crippen molar-refractivity contribution < 1.29 is 9.90 Å². The van der Waals surface area contributed by atoms with E-state index in [1.807, 2.05) is 6.92 Å². The van der Waals surface area contributed by atoms with E-state index in [0.29, 0.717) is 15.8 Å². The molecule has 0 saturated heterocycles. The van der Waals surface area contributed by atoms with Gasteiger partial charge in [0.2, 0.25) is 0 Å². The summed E-state index contributed by atoms with van der Waals surface area (Å²) in [7, 11) is 0. The van der Waals surface area contributed by atoms with Crippen molar-refractivity contribution in [2.45, 2.75) is 33.1 Å². The first-order valence-corrected chi connectivity index (χ1v) is 6.06. The molecule has 1 aliphatic carbocycles. The third-order valence-corrected chi connectivity index (χ3v) is 4.49. The van der Waals surface area contributed by atoms with Crippen LogP contribution in [0.25, 0.3) is 0 Å². The Kier molecular flexibility index (Phi) is 2.36. The van der Waals surface area contributed by atoms with Gasteiger partial charge in [0.25, 0.3) is 0 Å². The van der Waals surface area contributed by atoms with Gasteiger partial charge in [0, 0.05) is 4.88 Å². The first-order chi connectivity index (χ1) is 6.84. The minimum absolute atomic E-state index is 0.235. The van der Waals surface area contributed by atoms with Crippen molar-refractivity contribution >= 4 is 28.9 Å². The van der Waals surface area contributed by atoms with Crippen LogP contribution < -0.4 is 0 Å². The first-order valence-electron chi connectivity index (χ1n) is 4.86. The molecule has 15 heavy (non-hydrogen) atoms. The lowest BCUT2D eigenvalue weighted by molar-refractivity contribution is 0.0696. The largest absolute Gasteiger partial charge is 0.478 e. The van der Waals surface area contributed by atoms with E-state index in [1.165, 1.54) is 11.3 Å². The third-order valence-electron chi connectivity index (χ3n) is 3.16. The number of thiophene rings is 1. The number of carboxylic acid groups (broad SMARTS) is 1. The fraction of sp³-hybridized carbons (Fsp3) is 0.545. The molecule has 0 bridgehead atoms. The molecule has 1 fully saturated rings. The van der Waals surface area contributed by atoms with Crippen molar-refractivity contribution in [1.29, 1.82) is 0 Å². The van der Waals surface area contributed by atoms with Gasteiger partial charge in [-0.1, -0.05) is 25.4 Å². The van der Waals surface area contributed by atoms with E-state index in [4.69, 9.17) is 16.7 Å². The summed E-state index contributed by atoms with van der Waals surface area (Å²) < 4.78 is 0.415. The van der Waals surface area contributed by atoms with E-state index in [2.05, 4.69) is 13.8 Å². The second-order valence-corrected chi connectivity index (χ2v) is 6.60. The zero-order valence-electron chi connectivity index (χ0n) is 8.93. The van der Waals surface area contributed by atoms with Crippen LogP contribution in [0, 0.1) is 12.3 Å². The molecule has 4 heteroatoms. The van der Waals surface area contributed by atoms with Crippen LogP contribution in [0.3, 0.4) is 0 Å². The minimum Gasteiger partial charge on any atom is -0.478 e. The molecule has 1 aromatic heterocycles. The molecule has 0 aliphatic heterocycles. The van der Waals surface area contributed by atoms with Crippen LogP contribution in [0.1, 0.15) is 47.0 Å². The maximum absolute atomic E-state index is 11.1. The second-order valence-electron chi connectivity index (χ2n) is 4.77. The summed E-state index contributed by atoms with van der Waals surface area (Å²) in [6.45, 7) is 6.27. The summed E-state index contributed by atoms with van der Waals surface area (Å²) in [4.78, 5) is 12.2. The highest BCUT2D eigenvalue weighted by Gasteiger charge is 2.49. The van der Waals surface area contributed by atoms with Gasteiger partial charge in [0.05, 0.1) is 5.56 Å². The molecule has 0 amide bonds. The molecule has 0 radical (unpaired) electrons. The van der Waals surface area contributed by atoms with Crippen LogP contribution in [-0.4, -0.2) is 11.1 Å². The van der Waals surface area contributed by atoms with Crippen molar-refractivity contribution in [3.63, 3.8) is 0 Å². The van der Waals surface area contributed by atoms with Gasteiger partial charge in [-0.3, -0.25) is 0 Å². The number of aromatic carboxylic acids is 1. The van der Waals surface area contributed by atoms with E-state index in [0.717, 1.165) is 16.9 Å². The van der Waals surface area contributed by atoms with E-state index in [1.54, 1.807) is 0 Å². The Hall–Kier alpha value is -0.540. The molecule has 0 spiro atoms. The maximum atomic E-state index is 11.1. The molecule has 1 N–H and O–H groups in total. The van der Waals surface area contributed by atoms with E-state index >= 15 is 0 Å². The van der Waals surface area contributed by atoms with Gasteiger partial charge in [-0.15, -0.1) is 11.3 Å². The lowest BCUT2D eigenvalue weighted by Gasteiger charge is -2.04. The fourth-order valence-electron chi connectivity index (χ4n) is 2.10. The van der Waals surface area contributed by atoms with Crippen LogP contribution in [0.15, 0.2) is 0 Å².